The normalized spacial score (nSPS) is 13.9. The molecule has 1 fully saturated rings. The van der Waals surface area contributed by atoms with E-state index >= 15 is 0 Å². The summed E-state index contributed by atoms with van der Waals surface area (Å²) in [5.41, 5.74) is 1.10. The Morgan fingerprint density at radius 3 is 2.71 bits per heavy atom. The van der Waals surface area contributed by atoms with E-state index in [0.29, 0.717) is 18.8 Å². The van der Waals surface area contributed by atoms with Crippen LogP contribution >= 0.6 is 0 Å². The van der Waals surface area contributed by atoms with Crippen molar-refractivity contribution in [2.75, 3.05) is 43.0 Å². The number of amides is 1. The summed E-state index contributed by atoms with van der Waals surface area (Å²) >= 11 is 0. The highest BCUT2D eigenvalue weighted by atomic mass is 16.5. The van der Waals surface area contributed by atoms with Crippen molar-refractivity contribution >= 4 is 17.5 Å². The second kappa shape index (κ2) is 9.92. The number of carbonyl (C=O) groups is 1. The maximum Gasteiger partial charge on any atom is 0.258 e. The molecule has 1 aromatic carbocycles. The molecule has 1 saturated heterocycles. The predicted octanol–water partition coefficient (Wildman–Crippen LogP) is 2.69. The van der Waals surface area contributed by atoms with Gasteiger partial charge in [0.1, 0.15) is 23.2 Å². The molecule has 0 aliphatic carbocycles. The Morgan fingerprint density at radius 2 is 1.93 bits per heavy atom. The van der Waals surface area contributed by atoms with Gasteiger partial charge < -0.3 is 20.3 Å². The average molecular weight is 383 g/mol. The largest absolute Gasteiger partial charge is 0.484 e. The number of piperidine rings is 1. The van der Waals surface area contributed by atoms with E-state index in [9.17, 15) is 4.79 Å². The molecule has 28 heavy (non-hydrogen) atoms. The summed E-state index contributed by atoms with van der Waals surface area (Å²) < 4.78 is 5.50. The molecule has 1 aliphatic rings. The SMILES string of the molecule is Cc1cccc(OCC(=O)NCCNc2cc(N3CCCCC3)nc(C)n2)c1. The highest BCUT2D eigenvalue weighted by molar-refractivity contribution is 5.77. The van der Waals surface area contributed by atoms with Crippen molar-refractivity contribution in [1.82, 2.24) is 15.3 Å². The molecule has 0 bridgehead atoms. The summed E-state index contributed by atoms with van der Waals surface area (Å²) in [6.45, 7) is 7.09. The van der Waals surface area contributed by atoms with Crippen LogP contribution in [0.3, 0.4) is 0 Å². The summed E-state index contributed by atoms with van der Waals surface area (Å²) in [7, 11) is 0. The minimum atomic E-state index is -0.142. The van der Waals surface area contributed by atoms with E-state index in [0.717, 1.165) is 36.1 Å². The monoisotopic (exact) mass is 383 g/mol. The van der Waals surface area contributed by atoms with Crippen molar-refractivity contribution in [1.29, 1.82) is 0 Å². The third-order valence-electron chi connectivity index (χ3n) is 4.62. The molecule has 7 heteroatoms. The van der Waals surface area contributed by atoms with E-state index in [1.165, 1.54) is 19.3 Å². The molecule has 2 aromatic rings. The molecule has 2 heterocycles. The van der Waals surface area contributed by atoms with E-state index < -0.39 is 0 Å². The summed E-state index contributed by atoms with van der Waals surface area (Å²) in [6.07, 6.45) is 3.71. The van der Waals surface area contributed by atoms with Gasteiger partial charge in [-0.05, 0) is 50.8 Å². The summed E-state index contributed by atoms with van der Waals surface area (Å²) in [6, 6.07) is 9.64. The molecular weight excluding hydrogens is 354 g/mol. The zero-order valence-corrected chi connectivity index (χ0v) is 16.7. The van der Waals surface area contributed by atoms with Crippen molar-refractivity contribution in [3.05, 3.63) is 41.7 Å². The number of hydrogen-bond acceptors (Lipinski definition) is 6. The molecule has 0 atom stereocenters. The highest BCUT2D eigenvalue weighted by Crippen LogP contribution is 2.20. The smallest absolute Gasteiger partial charge is 0.258 e. The number of benzene rings is 1. The van der Waals surface area contributed by atoms with Gasteiger partial charge in [-0.25, -0.2) is 9.97 Å². The fourth-order valence-corrected chi connectivity index (χ4v) is 3.23. The van der Waals surface area contributed by atoms with Crippen LogP contribution in [0.15, 0.2) is 30.3 Å². The molecule has 7 nitrogen and oxygen atoms in total. The first-order chi connectivity index (χ1) is 13.6. The number of ether oxygens (including phenoxy) is 1. The summed E-state index contributed by atoms with van der Waals surface area (Å²) in [4.78, 5) is 23.2. The molecule has 150 valence electrons. The van der Waals surface area contributed by atoms with Gasteiger partial charge in [-0.2, -0.15) is 0 Å². The van der Waals surface area contributed by atoms with Crippen LogP contribution in [0, 0.1) is 13.8 Å². The third-order valence-corrected chi connectivity index (χ3v) is 4.62. The van der Waals surface area contributed by atoms with Crippen LogP contribution in [0.25, 0.3) is 0 Å². The molecule has 3 rings (SSSR count). The van der Waals surface area contributed by atoms with Crippen LogP contribution < -0.4 is 20.3 Å². The number of anilines is 2. The molecule has 0 unspecified atom stereocenters. The van der Waals surface area contributed by atoms with E-state index in [2.05, 4.69) is 25.5 Å². The van der Waals surface area contributed by atoms with Crippen molar-refractivity contribution in [2.45, 2.75) is 33.1 Å². The fourth-order valence-electron chi connectivity index (χ4n) is 3.23. The highest BCUT2D eigenvalue weighted by Gasteiger charge is 2.13. The quantitative estimate of drug-likeness (QED) is 0.683. The fraction of sp³-hybridized carbons (Fsp3) is 0.476. The van der Waals surface area contributed by atoms with Gasteiger partial charge >= 0.3 is 0 Å². The summed E-state index contributed by atoms with van der Waals surface area (Å²) in [5, 5.41) is 6.12. The molecule has 0 saturated carbocycles. The van der Waals surface area contributed by atoms with E-state index in [-0.39, 0.29) is 12.5 Å². The maximum absolute atomic E-state index is 11.9. The first-order valence-electron chi connectivity index (χ1n) is 9.91. The lowest BCUT2D eigenvalue weighted by Crippen LogP contribution is -2.33. The Morgan fingerprint density at radius 1 is 1.11 bits per heavy atom. The standard InChI is InChI=1S/C21H29N5O2/c1-16-7-6-8-18(13-16)28-15-21(27)23-10-9-22-19-14-20(25-17(2)24-19)26-11-4-3-5-12-26/h6-8,13-14H,3-5,9-12,15H2,1-2H3,(H,23,27)(H,22,24,25). The van der Waals surface area contributed by atoms with Crippen LogP contribution in [0.1, 0.15) is 30.7 Å². The lowest BCUT2D eigenvalue weighted by molar-refractivity contribution is -0.123. The zero-order chi connectivity index (χ0) is 19.8. The van der Waals surface area contributed by atoms with Crippen LogP contribution in [0.5, 0.6) is 5.75 Å². The number of carbonyl (C=O) groups excluding carboxylic acids is 1. The Balaban J connectivity index is 1.41. The zero-order valence-electron chi connectivity index (χ0n) is 16.7. The Hall–Kier alpha value is -2.83. The summed E-state index contributed by atoms with van der Waals surface area (Å²) in [5.74, 6) is 3.08. The molecule has 2 N–H and O–H groups in total. The van der Waals surface area contributed by atoms with Gasteiger partial charge in [0, 0.05) is 32.2 Å². The van der Waals surface area contributed by atoms with Gasteiger partial charge in [-0.15, -0.1) is 0 Å². The van der Waals surface area contributed by atoms with Crippen molar-refractivity contribution in [3.63, 3.8) is 0 Å². The van der Waals surface area contributed by atoms with Gasteiger partial charge in [0.05, 0.1) is 0 Å². The number of nitrogens with zero attached hydrogens (tertiary/aromatic N) is 3. The molecule has 0 spiro atoms. The lowest BCUT2D eigenvalue weighted by Gasteiger charge is -2.28. The number of aryl methyl sites for hydroxylation is 2. The number of hydrogen-bond donors (Lipinski definition) is 2. The Labute approximate surface area is 166 Å². The second-order valence-corrected chi connectivity index (χ2v) is 7.09. The molecule has 1 amide bonds. The number of rotatable bonds is 8. The molecule has 1 aromatic heterocycles. The molecule has 1 aliphatic heterocycles. The van der Waals surface area contributed by atoms with Gasteiger partial charge in [0.2, 0.25) is 0 Å². The van der Waals surface area contributed by atoms with Gasteiger partial charge in [0.25, 0.3) is 5.91 Å². The minimum Gasteiger partial charge on any atom is -0.484 e. The predicted molar refractivity (Wildman–Crippen MR) is 111 cm³/mol. The molecule has 0 radical (unpaired) electrons. The van der Waals surface area contributed by atoms with E-state index in [1.54, 1.807) is 0 Å². The second-order valence-electron chi connectivity index (χ2n) is 7.09. The first-order valence-corrected chi connectivity index (χ1v) is 9.91. The lowest BCUT2D eigenvalue weighted by atomic mass is 10.1. The number of aromatic nitrogens is 2. The number of nitrogens with one attached hydrogen (secondary N) is 2. The van der Waals surface area contributed by atoms with Crippen LogP contribution in [-0.2, 0) is 4.79 Å². The Bertz CT molecular complexity index is 790. The van der Waals surface area contributed by atoms with Crippen LogP contribution in [-0.4, -0.2) is 48.7 Å². The first kappa shape index (κ1) is 19.9. The van der Waals surface area contributed by atoms with Gasteiger partial charge in [0.15, 0.2) is 6.61 Å². The average Bonchev–Trinajstić information content (AvgIpc) is 2.70. The molecular formula is C21H29N5O2. The van der Waals surface area contributed by atoms with Crippen LogP contribution in [0.4, 0.5) is 11.6 Å². The van der Waals surface area contributed by atoms with Crippen molar-refractivity contribution in [3.8, 4) is 5.75 Å². The maximum atomic E-state index is 11.9. The van der Waals surface area contributed by atoms with E-state index in [1.807, 2.05) is 44.2 Å². The Kier molecular flexibility index (Phi) is 7.06. The van der Waals surface area contributed by atoms with Gasteiger partial charge in [-0.3, -0.25) is 4.79 Å². The topological polar surface area (TPSA) is 79.4 Å². The van der Waals surface area contributed by atoms with Gasteiger partial charge in [-0.1, -0.05) is 12.1 Å². The van der Waals surface area contributed by atoms with Crippen molar-refractivity contribution in [2.24, 2.45) is 0 Å². The third kappa shape index (κ3) is 6.11. The van der Waals surface area contributed by atoms with E-state index in [4.69, 9.17) is 4.74 Å². The van der Waals surface area contributed by atoms with Crippen molar-refractivity contribution < 1.29 is 9.53 Å². The minimum absolute atomic E-state index is 0.00910. The van der Waals surface area contributed by atoms with Crippen LogP contribution in [0.2, 0.25) is 0 Å².